The van der Waals surface area contributed by atoms with Gasteiger partial charge in [-0.2, -0.15) is 0 Å². The van der Waals surface area contributed by atoms with Crippen molar-refractivity contribution in [3.63, 3.8) is 0 Å². The first kappa shape index (κ1) is 12.7. The quantitative estimate of drug-likeness (QED) is 0.649. The number of aliphatic hydroxyl groups is 1. The van der Waals surface area contributed by atoms with E-state index in [0.717, 1.165) is 6.42 Å². The number of hydrogen-bond donors (Lipinski definition) is 3. The zero-order chi connectivity index (χ0) is 12.0. The smallest absolute Gasteiger partial charge is 0.158 e. The van der Waals surface area contributed by atoms with E-state index in [1.165, 1.54) is 0 Å². The SMILES string of the molecule is CCC(CO)Nc1cc(N)nc(COC)n1. The molecule has 0 radical (unpaired) electrons. The van der Waals surface area contributed by atoms with E-state index >= 15 is 0 Å². The highest BCUT2D eigenvalue weighted by Gasteiger charge is 2.07. The number of nitrogens with two attached hydrogens (primary N) is 1. The van der Waals surface area contributed by atoms with Crippen LogP contribution in [-0.4, -0.2) is 34.8 Å². The summed E-state index contributed by atoms with van der Waals surface area (Å²) in [7, 11) is 1.57. The van der Waals surface area contributed by atoms with Gasteiger partial charge in [0.1, 0.15) is 18.2 Å². The molecule has 0 amide bonds. The number of ether oxygens (including phenoxy) is 1. The molecule has 1 heterocycles. The molecule has 6 nitrogen and oxygen atoms in total. The molecule has 0 aromatic carbocycles. The summed E-state index contributed by atoms with van der Waals surface area (Å²) in [5.41, 5.74) is 5.64. The topological polar surface area (TPSA) is 93.3 Å². The average molecular weight is 226 g/mol. The van der Waals surface area contributed by atoms with Crippen molar-refractivity contribution in [2.75, 3.05) is 24.8 Å². The standard InChI is InChI=1S/C10H18N4O2/c1-3-7(5-15)12-9-4-8(11)13-10(14-9)6-16-2/h4,7,15H,3,5-6H2,1-2H3,(H3,11,12,13,14). The van der Waals surface area contributed by atoms with Crippen molar-refractivity contribution in [1.29, 1.82) is 0 Å². The number of nitrogen functional groups attached to an aromatic ring is 1. The van der Waals surface area contributed by atoms with Gasteiger partial charge in [0.05, 0.1) is 12.6 Å². The second-order valence-corrected chi connectivity index (χ2v) is 3.46. The van der Waals surface area contributed by atoms with Gasteiger partial charge in [-0.05, 0) is 6.42 Å². The Morgan fingerprint density at radius 2 is 2.31 bits per heavy atom. The number of nitrogens with zero attached hydrogens (tertiary/aromatic N) is 2. The number of aliphatic hydroxyl groups excluding tert-OH is 1. The zero-order valence-corrected chi connectivity index (χ0v) is 9.60. The van der Waals surface area contributed by atoms with Crippen molar-refractivity contribution < 1.29 is 9.84 Å². The Morgan fingerprint density at radius 3 is 2.88 bits per heavy atom. The van der Waals surface area contributed by atoms with Crippen molar-refractivity contribution in [3.05, 3.63) is 11.9 Å². The van der Waals surface area contributed by atoms with Crippen LogP contribution in [0.5, 0.6) is 0 Å². The highest BCUT2D eigenvalue weighted by atomic mass is 16.5. The predicted molar refractivity (Wildman–Crippen MR) is 61.9 cm³/mol. The molecular formula is C10H18N4O2. The number of anilines is 2. The Kier molecular flexibility index (Phi) is 4.94. The van der Waals surface area contributed by atoms with Crippen LogP contribution >= 0.6 is 0 Å². The molecule has 0 spiro atoms. The molecule has 1 aromatic heterocycles. The molecule has 1 aromatic rings. The van der Waals surface area contributed by atoms with E-state index in [4.69, 9.17) is 15.6 Å². The molecule has 1 atom stereocenters. The molecule has 1 rings (SSSR count). The highest BCUT2D eigenvalue weighted by Crippen LogP contribution is 2.11. The van der Waals surface area contributed by atoms with Crippen molar-refractivity contribution in [2.45, 2.75) is 26.0 Å². The number of aromatic nitrogens is 2. The van der Waals surface area contributed by atoms with Gasteiger partial charge >= 0.3 is 0 Å². The van der Waals surface area contributed by atoms with Crippen LogP contribution < -0.4 is 11.1 Å². The maximum atomic E-state index is 9.07. The zero-order valence-electron chi connectivity index (χ0n) is 9.60. The molecule has 0 aliphatic heterocycles. The van der Waals surface area contributed by atoms with Gasteiger partial charge in [-0.25, -0.2) is 9.97 Å². The van der Waals surface area contributed by atoms with Gasteiger partial charge < -0.3 is 20.9 Å². The summed E-state index contributed by atoms with van der Waals surface area (Å²) in [6, 6.07) is 1.61. The molecule has 0 aliphatic carbocycles. The molecule has 0 aliphatic rings. The summed E-state index contributed by atoms with van der Waals surface area (Å²) in [5, 5.41) is 12.1. The number of methoxy groups -OCH3 is 1. The van der Waals surface area contributed by atoms with Crippen LogP contribution in [0.15, 0.2) is 6.07 Å². The van der Waals surface area contributed by atoms with Crippen LogP contribution in [0.1, 0.15) is 19.2 Å². The fraction of sp³-hybridized carbons (Fsp3) is 0.600. The third kappa shape index (κ3) is 3.63. The lowest BCUT2D eigenvalue weighted by molar-refractivity contribution is 0.178. The molecule has 90 valence electrons. The minimum atomic E-state index is -0.0234. The van der Waals surface area contributed by atoms with E-state index in [-0.39, 0.29) is 12.6 Å². The van der Waals surface area contributed by atoms with Gasteiger partial charge in [-0.3, -0.25) is 0 Å². The minimum absolute atomic E-state index is 0.0234. The van der Waals surface area contributed by atoms with Crippen molar-refractivity contribution in [3.8, 4) is 0 Å². The highest BCUT2D eigenvalue weighted by molar-refractivity contribution is 5.45. The van der Waals surface area contributed by atoms with Gasteiger partial charge in [0.2, 0.25) is 0 Å². The number of hydrogen-bond acceptors (Lipinski definition) is 6. The van der Waals surface area contributed by atoms with E-state index in [0.29, 0.717) is 24.1 Å². The minimum Gasteiger partial charge on any atom is -0.394 e. The van der Waals surface area contributed by atoms with Crippen molar-refractivity contribution >= 4 is 11.6 Å². The second-order valence-electron chi connectivity index (χ2n) is 3.46. The predicted octanol–water partition coefficient (Wildman–Crippen LogP) is 0.388. The summed E-state index contributed by atoms with van der Waals surface area (Å²) >= 11 is 0. The molecule has 0 saturated heterocycles. The summed E-state index contributed by atoms with van der Waals surface area (Å²) in [4.78, 5) is 8.24. The Labute approximate surface area is 94.9 Å². The molecular weight excluding hydrogens is 208 g/mol. The molecule has 16 heavy (non-hydrogen) atoms. The van der Waals surface area contributed by atoms with Crippen LogP contribution in [-0.2, 0) is 11.3 Å². The van der Waals surface area contributed by atoms with Gasteiger partial charge in [0.15, 0.2) is 5.82 Å². The fourth-order valence-electron chi connectivity index (χ4n) is 1.27. The monoisotopic (exact) mass is 226 g/mol. The molecule has 0 saturated carbocycles. The van der Waals surface area contributed by atoms with Gasteiger partial charge in [-0.1, -0.05) is 6.92 Å². The third-order valence-corrected chi connectivity index (χ3v) is 2.13. The summed E-state index contributed by atoms with van der Waals surface area (Å²) < 4.78 is 4.94. The first-order valence-electron chi connectivity index (χ1n) is 5.19. The van der Waals surface area contributed by atoms with Gasteiger partial charge in [0.25, 0.3) is 0 Å². The van der Waals surface area contributed by atoms with Gasteiger partial charge in [-0.15, -0.1) is 0 Å². The Morgan fingerprint density at radius 1 is 1.56 bits per heavy atom. The van der Waals surface area contributed by atoms with Crippen LogP contribution in [0, 0.1) is 0 Å². The molecule has 6 heteroatoms. The molecule has 4 N–H and O–H groups in total. The van der Waals surface area contributed by atoms with Crippen molar-refractivity contribution in [2.24, 2.45) is 0 Å². The lowest BCUT2D eigenvalue weighted by Crippen LogP contribution is -2.23. The Bertz CT molecular complexity index is 329. The first-order chi connectivity index (χ1) is 7.69. The lowest BCUT2D eigenvalue weighted by atomic mass is 10.2. The van der Waals surface area contributed by atoms with E-state index in [2.05, 4.69) is 15.3 Å². The number of rotatable bonds is 6. The molecule has 1 unspecified atom stereocenters. The van der Waals surface area contributed by atoms with Crippen LogP contribution in [0.3, 0.4) is 0 Å². The van der Waals surface area contributed by atoms with E-state index in [1.807, 2.05) is 6.92 Å². The summed E-state index contributed by atoms with van der Waals surface area (Å²) in [5.74, 6) is 1.52. The largest absolute Gasteiger partial charge is 0.394 e. The molecule has 0 bridgehead atoms. The molecule has 0 fully saturated rings. The Hall–Kier alpha value is -1.40. The fourth-order valence-corrected chi connectivity index (χ4v) is 1.27. The van der Waals surface area contributed by atoms with E-state index in [1.54, 1.807) is 13.2 Å². The van der Waals surface area contributed by atoms with E-state index in [9.17, 15) is 0 Å². The lowest BCUT2D eigenvalue weighted by Gasteiger charge is -2.15. The van der Waals surface area contributed by atoms with Crippen LogP contribution in [0.25, 0.3) is 0 Å². The third-order valence-electron chi connectivity index (χ3n) is 2.13. The normalized spacial score (nSPS) is 12.4. The van der Waals surface area contributed by atoms with E-state index < -0.39 is 0 Å². The maximum Gasteiger partial charge on any atom is 0.158 e. The Balaban J connectivity index is 2.78. The maximum absolute atomic E-state index is 9.07. The van der Waals surface area contributed by atoms with Crippen LogP contribution in [0.2, 0.25) is 0 Å². The van der Waals surface area contributed by atoms with Crippen LogP contribution in [0.4, 0.5) is 11.6 Å². The second kappa shape index (κ2) is 6.24. The number of nitrogens with one attached hydrogen (secondary N) is 1. The van der Waals surface area contributed by atoms with Crippen molar-refractivity contribution in [1.82, 2.24) is 9.97 Å². The van der Waals surface area contributed by atoms with Gasteiger partial charge in [0, 0.05) is 13.2 Å². The first-order valence-corrected chi connectivity index (χ1v) is 5.19. The average Bonchev–Trinajstić information content (AvgIpc) is 2.25. The summed E-state index contributed by atoms with van der Waals surface area (Å²) in [6.07, 6.45) is 0.806. The summed E-state index contributed by atoms with van der Waals surface area (Å²) in [6.45, 7) is 2.35.